The lowest BCUT2D eigenvalue weighted by atomic mass is 9.79. The van der Waals surface area contributed by atoms with Gasteiger partial charge in [-0.1, -0.05) is 24.3 Å². The summed E-state index contributed by atoms with van der Waals surface area (Å²) in [5.74, 6) is 0. The Morgan fingerprint density at radius 2 is 1.70 bits per heavy atom. The van der Waals surface area contributed by atoms with Crippen LogP contribution in [0.3, 0.4) is 0 Å². The Balaban J connectivity index is 3.01. The van der Waals surface area contributed by atoms with Crippen LogP contribution in [0.4, 0.5) is 0 Å². The van der Waals surface area contributed by atoms with Crippen molar-refractivity contribution in [1.82, 2.24) is 0 Å². The van der Waals surface area contributed by atoms with Gasteiger partial charge in [0.05, 0.1) is 11.6 Å². The van der Waals surface area contributed by atoms with Gasteiger partial charge in [0.25, 0.3) is 0 Å². The molecule has 3 N–H and O–H groups in total. The number of nitrogens with two attached hydrogens (primary N) is 1. The first-order valence-electron chi connectivity index (χ1n) is 7.31. The largest absolute Gasteiger partial charge is 0.385 e. The molecule has 0 aliphatic carbocycles. The summed E-state index contributed by atoms with van der Waals surface area (Å²) in [7, 11) is 0. The average Bonchev–Trinajstić information content (AvgIpc) is 2.40. The number of hydrogen-bond acceptors (Lipinski definition) is 1. The number of hydrogen-bond donors (Lipinski definition) is 2. The summed E-state index contributed by atoms with van der Waals surface area (Å²) >= 11 is 0. The Bertz CT molecular complexity index is 384. The molecular weight excluding hydrogens is 246 g/mol. The minimum Gasteiger partial charge on any atom is -0.385 e. The molecule has 0 aromatic carbocycles. The fourth-order valence-corrected chi connectivity index (χ4v) is 2.97. The predicted molar refractivity (Wildman–Crippen MR) is 86.4 cm³/mol. The van der Waals surface area contributed by atoms with Crippen LogP contribution in [-0.2, 0) is 0 Å². The third-order valence-electron chi connectivity index (χ3n) is 3.89. The highest BCUT2D eigenvalue weighted by Gasteiger charge is 2.35. The number of quaternary nitrogens is 1. The Morgan fingerprint density at radius 3 is 2.20 bits per heavy atom. The summed E-state index contributed by atoms with van der Waals surface area (Å²) in [6, 6.07) is 0.793. The predicted octanol–water partition coefficient (Wildman–Crippen LogP) is 2.65. The van der Waals surface area contributed by atoms with Gasteiger partial charge in [0.1, 0.15) is 6.04 Å². The number of rotatable bonds is 9. The molecule has 0 saturated heterocycles. The molecular formula is C18H28NO+. The van der Waals surface area contributed by atoms with E-state index in [0.717, 1.165) is 24.8 Å². The molecule has 0 aromatic rings. The molecule has 2 nitrogen and oxygen atoms in total. The van der Waals surface area contributed by atoms with Crippen molar-refractivity contribution in [3.8, 4) is 0 Å². The van der Waals surface area contributed by atoms with E-state index in [2.05, 4.69) is 37.7 Å². The summed E-state index contributed by atoms with van der Waals surface area (Å²) in [6.45, 7) is 15.2. The molecule has 0 amide bonds. The van der Waals surface area contributed by atoms with Crippen LogP contribution in [0.5, 0.6) is 0 Å². The van der Waals surface area contributed by atoms with Crippen LogP contribution in [0.15, 0.2) is 62.3 Å². The normalized spacial score (nSPS) is 22.8. The van der Waals surface area contributed by atoms with Crippen molar-refractivity contribution in [1.29, 1.82) is 0 Å². The molecule has 110 valence electrons. The summed E-state index contributed by atoms with van der Waals surface area (Å²) in [5, 5.41) is 13.3. The third-order valence-corrected chi connectivity index (χ3v) is 3.89. The first-order chi connectivity index (χ1) is 9.59. The summed E-state index contributed by atoms with van der Waals surface area (Å²) in [5.41, 5.74) is 0.273. The van der Waals surface area contributed by atoms with Gasteiger partial charge in [-0.2, -0.15) is 0 Å². The van der Waals surface area contributed by atoms with Crippen molar-refractivity contribution in [3.63, 3.8) is 0 Å². The van der Waals surface area contributed by atoms with Crippen LogP contribution in [0.1, 0.15) is 32.1 Å². The molecule has 2 atom stereocenters. The highest BCUT2D eigenvalue weighted by molar-refractivity contribution is 5.23. The van der Waals surface area contributed by atoms with Crippen molar-refractivity contribution in [3.05, 3.63) is 62.3 Å². The van der Waals surface area contributed by atoms with Crippen molar-refractivity contribution in [2.45, 2.75) is 49.8 Å². The third kappa shape index (κ3) is 4.32. The van der Waals surface area contributed by atoms with Crippen molar-refractivity contribution in [2.24, 2.45) is 0 Å². The quantitative estimate of drug-likeness (QED) is 0.623. The van der Waals surface area contributed by atoms with Gasteiger partial charge in [-0.15, -0.1) is 26.3 Å². The zero-order valence-corrected chi connectivity index (χ0v) is 12.4. The van der Waals surface area contributed by atoms with Crippen LogP contribution in [-0.4, -0.2) is 22.8 Å². The van der Waals surface area contributed by atoms with E-state index in [1.165, 1.54) is 0 Å². The molecule has 1 aliphatic rings. The minimum absolute atomic E-state index is 0.349. The highest BCUT2D eigenvalue weighted by atomic mass is 16.3. The van der Waals surface area contributed by atoms with Gasteiger partial charge in [-0.3, -0.25) is 0 Å². The Morgan fingerprint density at radius 1 is 1.10 bits per heavy atom. The maximum absolute atomic E-state index is 10.9. The number of aliphatic hydroxyl groups is 1. The van der Waals surface area contributed by atoms with Gasteiger partial charge in [0, 0.05) is 19.3 Å². The molecule has 0 fully saturated rings. The monoisotopic (exact) mass is 274 g/mol. The van der Waals surface area contributed by atoms with E-state index in [-0.39, 0.29) is 0 Å². The molecule has 0 aromatic heterocycles. The first kappa shape index (κ1) is 16.7. The van der Waals surface area contributed by atoms with E-state index in [1.54, 1.807) is 12.2 Å². The highest BCUT2D eigenvalue weighted by Crippen LogP contribution is 2.31. The standard InChI is InChI=1S/C18H27NO/c1-5-9-16-13-15(14-17(19-16)10-6-2)18(20,11-7-3)12-8-4/h5-8,13,16-17,19-20H,1-4,9-12,14H2/p+1/t16-,17-/m0/s1. The van der Waals surface area contributed by atoms with Crippen LogP contribution in [0.25, 0.3) is 0 Å². The molecule has 0 radical (unpaired) electrons. The fraction of sp³-hybridized carbons (Fsp3) is 0.444. The van der Waals surface area contributed by atoms with Gasteiger partial charge in [0.15, 0.2) is 0 Å². The Hall–Kier alpha value is -1.38. The van der Waals surface area contributed by atoms with Crippen LogP contribution in [0, 0.1) is 0 Å². The zero-order chi connectivity index (χ0) is 15.0. The lowest BCUT2D eigenvalue weighted by molar-refractivity contribution is -0.714. The summed E-state index contributed by atoms with van der Waals surface area (Å²) < 4.78 is 0. The smallest absolute Gasteiger partial charge is 0.109 e. The molecule has 1 rings (SSSR count). The average molecular weight is 274 g/mol. The van der Waals surface area contributed by atoms with Crippen LogP contribution in [0.2, 0.25) is 0 Å². The lowest BCUT2D eigenvalue weighted by Crippen LogP contribution is -2.95. The zero-order valence-electron chi connectivity index (χ0n) is 12.4. The molecule has 0 unspecified atom stereocenters. The van der Waals surface area contributed by atoms with E-state index in [9.17, 15) is 5.11 Å². The second kappa shape index (κ2) is 8.03. The van der Waals surface area contributed by atoms with Gasteiger partial charge < -0.3 is 10.4 Å². The summed E-state index contributed by atoms with van der Waals surface area (Å²) in [6.07, 6.45) is 13.5. The Kier molecular flexibility index (Phi) is 6.69. The topological polar surface area (TPSA) is 36.8 Å². The van der Waals surface area contributed by atoms with E-state index >= 15 is 0 Å². The maximum Gasteiger partial charge on any atom is 0.109 e. The Labute approximate surface area is 123 Å². The van der Waals surface area contributed by atoms with E-state index in [4.69, 9.17) is 0 Å². The van der Waals surface area contributed by atoms with Gasteiger partial charge in [0.2, 0.25) is 0 Å². The van der Waals surface area contributed by atoms with E-state index < -0.39 is 5.60 Å². The fourth-order valence-electron chi connectivity index (χ4n) is 2.97. The van der Waals surface area contributed by atoms with Crippen molar-refractivity contribution >= 4 is 0 Å². The van der Waals surface area contributed by atoms with Gasteiger partial charge in [-0.05, 0) is 24.5 Å². The maximum atomic E-state index is 10.9. The molecule has 1 aliphatic heterocycles. The molecule has 0 spiro atoms. The van der Waals surface area contributed by atoms with E-state index in [0.29, 0.717) is 24.9 Å². The lowest BCUT2D eigenvalue weighted by Gasteiger charge is -2.35. The second-order valence-electron chi connectivity index (χ2n) is 5.58. The van der Waals surface area contributed by atoms with Crippen molar-refractivity contribution < 1.29 is 10.4 Å². The second-order valence-corrected chi connectivity index (χ2v) is 5.58. The van der Waals surface area contributed by atoms with Crippen molar-refractivity contribution in [2.75, 3.05) is 0 Å². The summed E-state index contributed by atoms with van der Waals surface area (Å²) in [4.78, 5) is 0. The van der Waals surface area contributed by atoms with Crippen LogP contribution < -0.4 is 5.32 Å². The first-order valence-corrected chi connectivity index (χ1v) is 7.31. The molecule has 20 heavy (non-hydrogen) atoms. The van der Waals surface area contributed by atoms with Gasteiger partial charge in [-0.25, -0.2) is 0 Å². The SMILES string of the molecule is C=CC[C@H]1CC(C(O)(CC=C)CC=C)=C[C@H](CC=C)[NH2+]1. The minimum atomic E-state index is -0.837. The van der Waals surface area contributed by atoms with E-state index in [1.807, 2.05) is 12.2 Å². The molecule has 0 saturated carbocycles. The molecule has 0 bridgehead atoms. The van der Waals surface area contributed by atoms with Gasteiger partial charge >= 0.3 is 0 Å². The van der Waals surface area contributed by atoms with Crippen LogP contribution >= 0.6 is 0 Å². The molecule has 1 heterocycles. The molecule has 2 heteroatoms.